The summed E-state index contributed by atoms with van der Waals surface area (Å²) in [6.45, 7) is 8.28. The van der Waals surface area contributed by atoms with Crippen LogP contribution in [0.3, 0.4) is 0 Å². The highest BCUT2D eigenvalue weighted by Crippen LogP contribution is 2.25. The summed E-state index contributed by atoms with van der Waals surface area (Å²) in [5, 5.41) is 3.59. The molecule has 1 aromatic rings. The van der Waals surface area contributed by atoms with Crippen LogP contribution in [0, 0.1) is 17.6 Å². The molecule has 1 aromatic carbocycles. The molecule has 0 bridgehead atoms. The third-order valence-corrected chi connectivity index (χ3v) is 4.49. The molecule has 0 radical (unpaired) electrons. The summed E-state index contributed by atoms with van der Waals surface area (Å²) < 4.78 is 26.6. The van der Waals surface area contributed by atoms with E-state index in [1.807, 2.05) is 0 Å². The number of hydrogen-bond donors (Lipinski definition) is 1. The third-order valence-electron chi connectivity index (χ3n) is 4.49. The Morgan fingerprint density at radius 3 is 2.65 bits per heavy atom. The number of benzene rings is 1. The zero-order chi connectivity index (χ0) is 14.7. The molecule has 3 atom stereocenters. The maximum absolute atomic E-state index is 13.5. The number of anilines is 1. The van der Waals surface area contributed by atoms with Crippen molar-refractivity contribution in [2.24, 2.45) is 5.92 Å². The lowest BCUT2D eigenvalue weighted by Crippen LogP contribution is -2.58. The Morgan fingerprint density at radius 1 is 1.30 bits per heavy atom. The molecular weight excluding hydrogens is 258 g/mol. The van der Waals surface area contributed by atoms with Gasteiger partial charge >= 0.3 is 0 Å². The number of piperazine rings is 1. The van der Waals surface area contributed by atoms with Crippen molar-refractivity contribution < 1.29 is 8.78 Å². The smallest absolute Gasteiger partial charge is 0.160 e. The van der Waals surface area contributed by atoms with Gasteiger partial charge in [-0.15, -0.1) is 0 Å². The summed E-state index contributed by atoms with van der Waals surface area (Å²) in [6.07, 6.45) is 2.10. The van der Waals surface area contributed by atoms with E-state index in [-0.39, 0.29) is 0 Å². The molecule has 3 unspecified atom stereocenters. The molecule has 2 nitrogen and oxygen atoms in total. The zero-order valence-electron chi connectivity index (χ0n) is 12.5. The number of nitrogens with zero attached hydrogens (tertiary/aromatic N) is 1. The second kappa shape index (κ2) is 6.53. The van der Waals surface area contributed by atoms with Crippen molar-refractivity contribution in [2.45, 2.75) is 45.7 Å². The molecule has 112 valence electrons. The summed E-state index contributed by atoms with van der Waals surface area (Å²) in [6, 6.07) is 4.95. The van der Waals surface area contributed by atoms with Crippen LogP contribution in [-0.2, 0) is 0 Å². The third kappa shape index (κ3) is 3.11. The normalized spacial score (nSPS) is 24.8. The highest BCUT2D eigenvalue weighted by Gasteiger charge is 2.29. The average Bonchev–Trinajstić information content (AvgIpc) is 2.48. The lowest BCUT2D eigenvalue weighted by molar-refractivity contribution is 0.306. The quantitative estimate of drug-likeness (QED) is 0.908. The van der Waals surface area contributed by atoms with Gasteiger partial charge in [0.25, 0.3) is 0 Å². The van der Waals surface area contributed by atoms with E-state index in [2.05, 4.69) is 31.0 Å². The Balaban J connectivity index is 2.22. The first-order valence-corrected chi connectivity index (χ1v) is 7.51. The van der Waals surface area contributed by atoms with Crippen LogP contribution in [0.2, 0.25) is 0 Å². The van der Waals surface area contributed by atoms with Crippen molar-refractivity contribution in [1.82, 2.24) is 5.32 Å². The minimum atomic E-state index is -0.782. The largest absolute Gasteiger partial charge is 0.366 e. The van der Waals surface area contributed by atoms with Crippen molar-refractivity contribution in [1.29, 1.82) is 0 Å². The second-order valence-electron chi connectivity index (χ2n) is 5.71. The molecule has 0 saturated carbocycles. The molecule has 1 N–H and O–H groups in total. The van der Waals surface area contributed by atoms with Crippen LogP contribution in [0.15, 0.2) is 18.2 Å². The maximum Gasteiger partial charge on any atom is 0.160 e. The topological polar surface area (TPSA) is 15.3 Å². The van der Waals surface area contributed by atoms with Crippen LogP contribution >= 0.6 is 0 Å². The maximum atomic E-state index is 13.5. The van der Waals surface area contributed by atoms with Crippen molar-refractivity contribution in [3.8, 4) is 0 Å². The summed E-state index contributed by atoms with van der Waals surface area (Å²) in [5.41, 5.74) is 0.783. The Kier molecular flexibility index (Phi) is 4.97. The fraction of sp³-hybridized carbons (Fsp3) is 0.625. The predicted molar refractivity (Wildman–Crippen MR) is 79.0 cm³/mol. The van der Waals surface area contributed by atoms with Crippen molar-refractivity contribution >= 4 is 5.69 Å². The van der Waals surface area contributed by atoms with E-state index in [1.54, 1.807) is 6.07 Å². The zero-order valence-corrected chi connectivity index (χ0v) is 12.5. The van der Waals surface area contributed by atoms with Gasteiger partial charge in [-0.2, -0.15) is 0 Å². The van der Waals surface area contributed by atoms with E-state index in [0.29, 0.717) is 18.0 Å². The summed E-state index contributed by atoms with van der Waals surface area (Å²) in [7, 11) is 0. The van der Waals surface area contributed by atoms with Crippen LogP contribution in [-0.4, -0.2) is 25.2 Å². The van der Waals surface area contributed by atoms with Crippen molar-refractivity contribution in [3.05, 3.63) is 29.8 Å². The monoisotopic (exact) mass is 282 g/mol. The highest BCUT2D eigenvalue weighted by molar-refractivity contribution is 5.48. The van der Waals surface area contributed by atoms with Crippen LogP contribution in [0.4, 0.5) is 14.5 Å². The first kappa shape index (κ1) is 15.2. The molecule has 0 amide bonds. The Labute approximate surface area is 120 Å². The number of halogens is 2. The molecular formula is C16H24F2N2. The molecule has 1 saturated heterocycles. The first-order chi connectivity index (χ1) is 9.56. The van der Waals surface area contributed by atoms with E-state index in [4.69, 9.17) is 0 Å². The lowest BCUT2D eigenvalue weighted by Gasteiger charge is -2.43. The molecule has 0 aliphatic carbocycles. The molecule has 1 aliphatic heterocycles. The lowest BCUT2D eigenvalue weighted by atomic mass is 9.94. The van der Waals surface area contributed by atoms with Gasteiger partial charge in [0.15, 0.2) is 11.6 Å². The molecule has 2 rings (SSSR count). The van der Waals surface area contributed by atoms with Gasteiger partial charge in [0.1, 0.15) is 0 Å². The van der Waals surface area contributed by atoms with Crippen LogP contribution in [0.1, 0.15) is 33.6 Å². The van der Waals surface area contributed by atoms with Crippen molar-refractivity contribution in [2.75, 3.05) is 18.0 Å². The SMILES string of the molecule is CCC(C)C1CN(c2ccc(F)c(F)c2)C(CC)CN1. The van der Waals surface area contributed by atoms with Gasteiger partial charge in [-0.1, -0.05) is 27.2 Å². The molecule has 4 heteroatoms. The van der Waals surface area contributed by atoms with E-state index >= 15 is 0 Å². The Morgan fingerprint density at radius 2 is 2.05 bits per heavy atom. The average molecular weight is 282 g/mol. The molecule has 20 heavy (non-hydrogen) atoms. The minimum absolute atomic E-state index is 0.333. The van der Waals surface area contributed by atoms with Crippen LogP contribution in [0.25, 0.3) is 0 Å². The van der Waals surface area contributed by atoms with Crippen LogP contribution < -0.4 is 10.2 Å². The summed E-state index contributed by atoms with van der Waals surface area (Å²) >= 11 is 0. The molecule has 0 aromatic heterocycles. The fourth-order valence-electron chi connectivity index (χ4n) is 2.83. The Hall–Kier alpha value is -1.16. The predicted octanol–water partition coefficient (Wildman–Crippen LogP) is 3.57. The minimum Gasteiger partial charge on any atom is -0.366 e. The van der Waals surface area contributed by atoms with Gasteiger partial charge in [-0.3, -0.25) is 0 Å². The number of hydrogen-bond acceptors (Lipinski definition) is 2. The van der Waals surface area contributed by atoms with E-state index in [9.17, 15) is 8.78 Å². The van der Waals surface area contributed by atoms with E-state index in [0.717, 1.165) is 31.6 Å². The fourth-order valence-corrected chi connectivity index (χ4v) is 2.83. The van der Waals surface area contributed by atoms with Gasteiger partial charge < -0.3 is 10.2 Å². The molecule has 1 heterocycles. The molecule has 0 spiro atoms. The van der Waals surface area contributed by atoms with Gasteiger partial charge in [0.05, 0.1) is 0 Å². The van der Waals surface area contributed by atoms with Gasteiger partial charge in [0, 0.05) is 36.9 Å². The Bertz CT molecular complexity index is 450. The number of nitrogens with one attached hydrogen (secondary N) is 1. The van der Waals surface area contributed by atoms with Crippen molar-refractivity contribution in [3.63, 3.8) is 0 Å². The van der Waals surface area contributed by atoms with Gasteiger partial charge in [-0.25, -0.2) is 8.78 Å². The number of rotatable bonds is 4. The standard InChI is InChI=1S/C16H24F2N2/c1-4-11(3)16-10-20(12(5-2)9-19-16)13-6-7-14(17)15(18)8-13/h6-8,11-12,16,19H,4-5,9-10H2,1-3H3. The second-order valence-corrected chi connectivity index (χ2v) is 5.71. The van der Waals surface area contributed by atoms with Crippen LogP contribution in [0.5, 0.6) is 0 Å². The molecule has 1 aliphatic rings. The van der Waals surface area contributed by atoms with Gasteiger partial charge in [0.2, 0.25) is 0 Å². The van der Waals surface area contributed by atoms with E-state index in [1.165, 1.54) is 12.1 Å². The summed E-state index contributed by atoms with van der Waals surface area (Å²) in [5.74, 6) is -0.980. The van der Waals surface area contributed by atoms with Gasteiger partial charge in [-0.05, 0) is 24.5 Å². The first-order valence-electron chi connectivity index (χ1n) is 7.51. The van der Waals surface area contributed by atoms with E-state index < -0.39 is 11.6 Å². The molecule has 1 fully saturated rings. The summed E-state index contributed by atoms with van der Waals surface area (Å²) in [4.78, 5) is 2.22. The highest BCUT2D eigenvalue weighted by atomic mass is 19.2.